The summed E-state index contributed by atoms with van der Waals surface area (Å²) in [6, 6.07) is 1.10. The third kappa shape index (κ3) is 5.47. The Morgan fingerprint density at radius 3 is 2.58 bits per heavy atom. The van der Waals surface area contributed by atoms with Gasteiger partial charge in [-0.15, -0.1) is 0 Å². The molecule has 11 heteroatoms. The number of hydrazine groups is 1. The number of alkyl halides is 3. The quantitative estimate of drug-likeness (QED) is 0.496. The number of nitrogens with zero attached hydrogens (tertiary/aromatic N) is 4. The molecule has 4 heterocycles. The first kappa shape index (κ1) is 28.2. The first-order valence-corrected chi connectivity index (χ1v) is 15.0. The summed E-state index contributed by atoms with van der Waals surface area (Å²) in [5, 5.41) is 10.1. The van der Waals surface area contributed by atoms with Crippen molar-refractivity contribution in [3.05, 3.63) is 40.1 Å². The van der Waals surface area contributed by atoms with Gasteiger partial charge in [-0.1, -0.05) is 13.3 Å². The standard InChI is InChI=1S/C29H43F3N6O2/c1-18-5-4-8-36(13-18)14-19-9-24(29(30,31)32)25-16-37(28(40)38(25)15-19)22-7-3-6-20(10-22)26(21-11-23(39)12-21)27-34-33-17-35(27)2/h9,15-16,18,20-23,26-27,33-34,39H,3-8,10-14,17H2,1-2H3/t18-,20?,21?,22?,23?,26-,27?/m0/s1. The van der Waals surface area contributed by atoms with Crippen LogP contribution in [0, 0.1) is 23.7 Å². The Bertz CT molecular complexity index is 1250. The maximum absolute atomic E-state index is 14.3. The van der Waals surface area contributed by atoms with Gasteiger partial charge in [0.05, 0.1) is 30.0 Å². The minimum absolute atomic E-state index is 0.0598. The molecule has 6 rings (SSSR count). The second kappa shape index (κ2) is 11.1. The van der Waals surface area contributed by atoms with Crippen LogP contribution in [-0.2, 0) is 12.7 Å². The van der Waals surface area contributed by atoms with Crippen LogP contribution in [0.15, 0.2) is 23.3 Å². The van der Waals surface area contributed by atoms with E-state index in [0.29, 0.717) is 35.8 Å². The van der Waals surface area contributed by atoms with Crippen LogP contribution >= 0.6 is 0 Å². The molecular weight excluding hydrogens is 521 g/mol. The molecule has 2 aliphatic heterocycles. The number of rotatable bonds is 6. The zero-order chi connectivity index (χ0) is 28.2. The lowest BCUT2D eigenvalue weighted by atomic mass is 9.64. The van der Waals surface area contributed by atoms with Gasteiger partial charge in [0.25, 0.3) is 0 Å². The van der Waals surface area contributed by atoms with E-state index in [4.69, 9.17) is 0 Å². The molecule has 3 unspecified atom stereocenters. The van der Waals surface area contributed by atoms with Gasteiger partial charge in [-0.25, -0.2) is 15.6 Å². The van der Waals surface area contributed by atoms with Gasteiger partial charge in [0.1, 0.15) is 0 Å². The molecule has 0 amide bonds. The zero-order valence-electron chi connectivity index (χ0n) is 23.5. The summed E-state index contributed by atoms with van der Waals surface area (Å²) in [5.74, 6) is 1.51. The van der Waals surface area contributed by atoms with Crippen LogP contribution in [0.25, 0.3) is 5.52 Å². The van der Waals surface area contributed by atoms with Crippen molar-refractivity contribution in [1.82, 2.24) is 29.6 Å². The topological polar surface area (TPSA) is 77.2 Å². The number of hydrogen-bond donors (Lipinski definition) is 3. The normalized spacial score (nSPS) is 33.4. The van der Waals surface area contributed by atoms with Crippen LogP contribution in [-0.4, -0.2) is 62.9 Å². The third-order valence-electron chi connectivity index (χ3n) is 10.0. The lowest BCUT2D eigenvalue weighted by Crippen LogP contribution is -2.52. The Morgan fingerprint density at radius 1 is 1.10 bits per heavy atom. The van der Waals surface area contributed by atoms with Crippen molar-refractivity contribution in [1.29, 1.82) is 0 Å². The molecule has 0 bridgehead atoms. The summed E-state index contributed by atoms with van der Waals surface area (Å²) in [7, 11) is 2.08. The van der Waals surface area contributed by atoms with E-state index >= 15 is 0 Å². The molecule has 4 fully saturated rings. The van der Waals surface area contributed by atoms with Gasteiger partial charge >= 0.3 is 11.9 Å². The molecule has 0 aromatic carbocycles. The fourth-order valence-electron chi connectivity index (χ4n) is 8.05. The number of pyridine rings is 1. The average molecular weight is 565 g/mol. The Balaban J connectivity index is 1.30. The van der Waals surface area contributed by atoms with Gasteiger partial charge in [0, 0.05) is 31.5 Å². The summed E-state index contributed by atoms with van der Waals surface area (Å²) >= 11 is 0. The van der Waals surface area contributed by atoms with Crippen molar-refractivity contribution in [2.45, 2.75) is 89.3 Å². The fourth-order valence-corrected chi connectivity index (χ4v) is 8.05. The molecule has 222 valence electrons. The van der Waals surface area contributed by atoms with Gasteiger partial charge in [0.2, 0.25) is 0 Å². The largest absolute Gasteiger partial charge is 0.418 e. The molecular formula is C29H43F3N6O2. The fraction of sp³-hybridized carbons (Fsp3) is 0.759. The second-order valence-electron chi connectivity index (χ2n) is 13.0. The monoisotopic (exact) mass is 564 g/mol. The Labute approximate surface area is 233 Å². The van der Waals surface area contributed by atoms with E-state index in [1.807, 2.05) is 0 Å². The maximum Gasteiger partial charge on any atom is 0.418 e. The molecule has 8 nitrogen and oxygen atoms in total. The van der Waals surface area contributed by atoms with E-state index in [0.717, 1.165) is 71.1 Å². The lowest BCUT2D eigenvalue weighted by Gasteiger charge is -2.47. The molecule has 2 aromatic rings. The Kier molecular flexibility index (Phi) is 7.80. The summed E-state index contributed by atoms with van der Waals surface area (Å²) in [5.41, 5.74) is 6.00. The summed E-state index contributed by atoms with van der Waals surface area (Å²) in [6.07, 6.45) is 5.62. The summed E-state index contributed by atoms with van der Waals surface area (Å²) in [6.45, 7) is 5.04. The maximum atomic E-state index is 14.3. The molecule has 2 saturated carbocycles. The number of nitrogens with one attached hydrogen (secondary N) is 2. The van der Waals surface area contributed by atoms with E-state index in [2.05, 4.69) is 34.6 Å². The van der Waals surface area contributed by atoms with Gasteiger partial charge in [-0.2, -0.15) is 13.2 Å². The van der Waals surface area contributed by atoms with Crippen molar-refractivity contribution < 1.29 is 18.3 Å². The van der Waals surface area contributed by atoms with Crippen molar-refractivity contribution in [2.75, 3.05) is 26.8 Å². The lowest BCUT2D eigenvalue weighted by molar-refractivity contribution is -0.136. The molecule has 4 aliphatic rings. The van der Waals surface area contributed by atoms with Gasteiger partial charge in [0.15, 0.2) is 0 Å². The highest BCUT2D eigenvalue weighted by molar-refractivity contribution is 5.56. The first-order chi connectivity index (χ1) is 19.1. The third-order valence-corrected chi connectivity index (χ3v) is 10.0. The Hall–Kier alpha value is -1.92. The molecule has 0 spiro atoms. The highest BCUT2D eigenvalue weighted by Gasteiger charge is 2.46. The van der Waals surface area contributed by atoms with Crippen molar-refractivity contribution in [3.63, 3.8) is 0 Å². The van der Waals surface area contributed by atoms with Gasteiger partial charge in [-0.05, 0) is 93.8 Å². The molecule has 40 heavy (non-hydrogen) atoms. The summed E-state index contributed by atoms with van der Waals surface area (Å²) < 4.78 is 45.7. The van der Waals surface area contributed by atoms with Crippen LogP contribution in [0.4, 0.5) is 13.2 Å². The minimum atomic E-state index is -4.55. The second-order valence-corrected chi connectivity index (χ2v) is 13.0. The Morgan fingerprint density at radius 2 is 1.90 bits per heavy atom. The van der Waals surface area contributed by atoms with Crippen LogP contribution in [0.5, 0.6) is 0 Å². The van der Waals surface area contributed by atoms with Crippen molar-refractivity contribution in [2.24, 2.45) is 23.7 Å². The predicted octanol–water partition coefficient (Wildman–Crippen LogP) is 3.79. The SMILES string of the molecule is C[C@H]1CCCN(Cc2cc(C(F)(F)F)c3cn(C4CCCC([C@@H](C5CC(O)C5)C5NNCN5C)C4)c(=O)n3c2)C1. The van der Waals surface area contributed by atoms with Crippen LogP contribution in [0.1, 0.15) is 75.5 Å². The highest BCUT2D eigenvalue weighted by atomic mass is 19.4. The number of aromatic nitrogens is 2. The van der Waals surface area contributed by atoms with Crippen LogP contribution in [0.3, 0.4) is 0 Å². The van der Waals surface area contributed by atoms with E-state index < -0.39 is 11.7 Å². The number of likely N-dealkylation sites (tertiary alicyclic amines) is 1. The smallest absolute Gasteiger partial charge is 0.393 e. The molecule has 2 saturated heterocycles. The number of aliphatic hydroxyl groups is 1. The summed E-state index contributed by atoms with van der Waals surface area (Å²) in [4.78, 5) is 18.2. The highest BCUT2D eigenvalue weighted by Crippen LogP contribution is 2.47. The van der Waals surface area contributed by atoms with Gasteiger partial charge in [-0.3, -0.25) is 18.8 Å². The van der Waals surface area contributed by atoms with Crippen LogP contribution in [0.2, 0.25) is 0 Å². The molecule has 0 radical (unpaired) electrons. The van der Waals surface area contributed by atoms with Crippen molar-refractivity contribution in [3.8, 4) is 0 Å². The van der Waals surface area contributed by atoms with Gasteiger partial charge < -0.3 is 5.11 Å². The number of aliphatic hydroxyl groups excluding tert-OH is 1. The van der Waals surface area contributed by atoms with E-state index in [1.54, 1.807) is 10.8 Å². The van der Waals surface area contributed by atoms with E-state index in [-0.39, 0.29) is 29.5 Å². The number of piperidine rings is 1. The average Bonchev–Trinajstić information content (AvgIpc) is 3.45. The zero-order valence-corrected chi connectivity index (χ0v) is 23.5. The molecule has 5 atom stereocenters. The number of hydrogen-bond acceptors (Lipinski definition) is 6. The first-order valence-electron chi connectivity index (χ1n) is 15.0. The number of imidazole rings is 1. The van der Waals surface area contributed by atoms with Crippen LogP contribution < -0.4 is 16.5 Å². The van der Waals surface area contributed by atoms with E-state index in [9.17, 15) is 23.1 Å². The molecule has 3 N–H and O–H groups in total. The minimum Gasteiger partial charge on any atom is -0.393 e. The predicted molar refractivity (Wildman–Crippen MR) is 146 cm³/mol. The molecule has 2 aliphatic carbocycles. The number of halogens is 3. The number of fused-ring (bicyclic) bond motifs is 1. The van der Waals surface area contributed by atoms with E-state index in [1.165, 1.54) is 16.7 Å². The molecule has 2 aromatic heterocycles. The van der Waals surface area contributed by atoms with Crippen molar-refractivity contribution >= 4 is 5.52 Å².